The van der Waals surface area contributed by atoms with Crippen molar-refractivity contribution in [3.8, 4) is 34.5 Å². The van der Waals surface area contributed by atoms with Crippen LogP contribution >= 0.6 is 91.3 Å². The molecule has 0 heterocycles. The van der Waals surface area contributed by atoms with E-state index in [1.807, 2.05) is 75.4 Å². The number of aromatic hydroxyl groups is 6. The summed E-state index contributed by atoms with van der Waals surface area (Å²) < 4.78 is 5.06. The summed E-state index contributed by atoms with van der Waals surface area (Å²) in [5.41, 5.74) is 5.84. The molecule has 366 valence electrons. The SMILES string of the molecule is CCCCCCC(C)c1cc(Cl)c(C)cc1O.CCCCc1cc(Br)ccc1O.CCCc1cc(Br)ccc1O.CCc1cc(Br)ccc1O.Cc1cc(Br)ccc1O.Oc1ccc(Br)cc1. The molecule has 0 spiro atoms. The molecule has 67 heavy (non-hydrogen) atoms. The Balaban J connectivity index is 0.000000409. The Hall–Kier alpha value is -3.19. The van der Waals surface area contributed by atoms with Gasteiger partial charge in [-0.1, -0.05) is 164 Å². The molecule has 0 bridgehead atoms. The zero-order valence-corrected chi connectivity index (χ0v) is 48.4. The molecular weight excluding hydrogens is 1190 g/mol. The highest BCUT2D eigenvalue weighted by Gasteiger charge is 2.12. The van der Waals surface area contributed by atoms with Crippen molar-refractivity contribution in [3.63, 3.8) is 0 Å². The van der Waals surface area contributed by atoms with Gasteiger partial charge in [-0.2, -0.15) is 0 Å². The molecule has 0 amide bonds. The normalized spacial score (nSPS) is 10.5. The summed E-state index contributed by atoms with van der Waals surface area (Å²) in [6, 6.07) is 32.4. The van der Waals surface area contributed by atoms with Gasteiger partial charge in [-0.25, -0.2) is 0 Å². The summed E-state index contributed by atoms with van der Waals surface area (Å²) in [6.45, 7) is 14.4. The maximum atomic E-state index is 9.93. The first-order valence-electron chi connectivity index (χ1n) is 22.6. The van der Waals surface area contributed by atoms with Crippen LogP contribution in [0, 0.1) is 13.8 Å². The molecule has 0 aliphatic carbocycles. The van der Waals surface area contributed by atoms with Crippen molar-refractivity contribution >= 4 is 91.3 Å². The van der Waals surface area contributed by atoms with E-state index in [1.165, 1.54) is 25.7 Å². The minimum atomic E-state index is 0.299. The largest absolute Gasteiger partial charge is 0.508 e. The summed E-state index contributed by atoms with van der Waals surface area (Å²) in [5, 5.41) is 56.4. The molecule has 0 aliphatic heterocycles. The van der Waals surface area contributed by atoms with Gasteiger partial charge in [0, 0.05) is 27.4 Å². The first-order chi connectivity index (χ1) is 31.8. The minimum absolute atomic E-state index is 0.299. The predicted octanol–water partition coefficient (Wildman–Crippen LogP) is 19.4. The first kappa shape index (κ1) is 61.8. The fourth-order valence-electron chi connectivity index (χ4n) is 6.15. The quantitative estimate of drug-likeness (QED) is 0.0679. The average Bonchev–Trinajstić information content (AvgIpc) is 3.29. The minimum Gasteiger partial charge on any atom is -0.508 e. The Morgan fingerprint density at radius 1 is 0.433 bits per heavy atom. The van der Waals surface area contributed by atoms with E-state index in [-0.39, 0.29) is 0 Å². The number of hydrogen-bond acceptors (Lipinski definition) is 6. The molecular formula is C55H68Br5ClO6. The van der Waals surface area contributed by atoms with E-state index < -0.39 is 0 Å². The van der Waals surface area contributed by atoms with Crippen molar-refractivity contribution in [2.75, 3.05) is 0 Å². The van der Waals surface area contributed by atoms with Gasteiger partial charge in [0.2, 0.25) is 0 Å². The van der Waals surface area contributed by atoms with Crippen LogP contribution in [0.5, 0.6) is 34.5 Å². The number of unbranched alkanes of at least 4 members (excludes halogenated alkanes) is 4. The third-order valence-electron chi connectivity index (χ3n) is 10.1. The van der Waals surface area contributed by atoms with Crippen LogP contribution in [0.1, 0.15) is 125 Å². The Morgan fingerprint density at radius 3 is 1.31 bits per heavy atom. The molecule has 0 aromatic heterocycles. The van der Waals surface area contributed by atoms with E-state index >= 15 is 0 Å². The number of phenols is 6. The average molecular weight is 1260 g/mol. The maximum Gasteiger partial charge on any atom is 0.119 e. The van der Waals surface area contributed by atoms with Gasteiger partial charge < -0.3 is 30.6 Å². The fourth-order valence-corrected chi connectivity index (χ4v) is 8.29. The van der Waals surface area contributed by atoms with E-state index in [9.17, 15) is 20.4 Å². The topological polar surface area (TPSA) is 121 Å². The number of halogens is 6. The summed E-state index contributed by atoms with van der Waals surface area (Å²) in [7, 11) is 0. The molecule has 6 N–H and O–H groups in total. The molecule has 0 saturated carbocycles. The van der Waals surface area contributed by atoms with E-state index in [0.717, 1.165) is 106 Å². The number of aryl methyl sites for hydroxylation is 5. The van der Waals surface area contributed by atoms with Crippen LogP contribution in [0.3, 0.4) is 0 Å². The molecule has 0 radical (unpaired) electrons. The second-order valence-corrected chi connectivity index (χ2v) is 20.8. The van der Waals surface area contributed by atoms with Crippen LogP contribution in [0.15, 0.2) is 132 Å². The lowest BCUT2D eigenvalue weighted by Crippen LogP contribution is -1.95. The Labute approximate surface area is 447 Å². The van der Waals surface area contributed by atoms with Crippen LogP contribution in [-0.2, 0) is 19.3 Å². The summed E-state index contributed by atoms with van der Waals surface area (Å²) in [5.74, 6) is 2.60. The van der Waals surface area contributed by atoms with E-state index in [4.69, 9.17) is 21.8 Å². The summed E-state index contributed by atoms with van der Waals surface area (Å²) >= 11 is 22.7. The molecule has 0 saturated heterocycles. The van der Waals surface area contributed by atoms with E-state index in [0.29, 0.717) is 40.4 Å². The Bertz CT molecular complexity index is 2300. The summed E-state index contributed by atoms with van der Waals surface area (Å²) in [4.78, 5) is 0. The molecule has 0 aliphatic rings. The van der Waals surface area contributed by atoms with Crippen molar-refractivity contribution in [3.05, 3.63) is 170 Å². The van der Waals surface area contributed by atoms with Crippen molar-refractivity contribution in [1.29, 1.82) is 0 Å². The molecule has 6 rings (SSSR count). The lowest BCUT2D eigenvalue weighted by Gasteiger charge is -2.15. The third kappa shape index (κ3) is 26.4. The smallest absolute Gasteiger partial charge is 0.119 e. The van der Waals surface area contributed by atoms with Crippen LogP contribution in [0.2, 0.25) is 5.02 Å². The number of benzene rings is 6. The first-order valence-corrected chi connectivity index (χ1v) is 26.9. The summed E-state index contributed by atoms with van der Waals surface area (Å²) in [6.07, 6.45) is 12.3. The molecule has 0 fully saturated rings. The van der Waals surface area contributed by atoms with Gasteiger partial charge in [-0.15, -0.1) is 0 Å². The van der Waals surface area contributed by atoms with E-state index in [1.54, 1.807) is 54.6 Å². The highest BCUT2D eigenvalue weighted by atomic mass is 79.9. The number of rotatable bonds is 12. The predicted molar refractivity (Wildman–Crippen MR) is 301 cm³/mol. The highest BCUT2D eigenvalue weighted by molar-refractivity contribution is 9.11. The van der Waals surface area contributed by atoms with Gasteiger partial charge >= 0.3 is 0 Å². The van der Waals surface area contributed by atoms with Crippen molar-refractivity contribution in [2.24, 2.45) is 0 Å². The fraction of sp³-hybridized carbons (Fsp3) is 0.345. The second kappa shape index (κ2) is 35.0. The zero-order valence-electron chi connectivity index (χ0n) is 39.7. The highest BCUT2D eigenvalue weighted by Crippen LogP contribution is 2.34. The van der Waals surface area contributed by atoms with Crippen molar-refractivity contribution < 1.29 is 30.6 Å². The van der Waals surface area contributed by atoms with Gasteiger partial charge in [-0.3, -0.25) is 0 Å². The number of phenolic OH excluding ortho intramolecular Hbond substituents is 6. The van der Waals surface area contributed by atoms with Crippen molar-refractivity contribution in [2.45, 2.75) is 125 Å². The zero-order chi connectivity index (χ0) is 50.5. The molecule has 1 atom stereocenters. The lowest BCUT2D eigenvalue weighted by molar-refractivity contribution is 0.457. The van der Waals surface area contributed by atoms with Crippen LogP contribution in [0.25, 0.3) is 0 Å². The van der Waals surface area contributed by atoms with Crippen molar-refractivity contribution in [1.82, 2.24) is 0 Å². The van der Waals surface area contributed by atoms with Crippen LogP contribution in [0.4, 0.5) is 0 Å². The molecule has 12 heteroatoms. The Morgan fingerprint density at radius 2 is 0.881 bits per heavy atom. The van der Waals surface area contributed by atoms with Gasteiger partial charge in [0.25, 0.3) is 0 Å². The maximum absolute atomic E-state index is 9.93. The standard InChI is InChI=1S/C15H23ClO.C10H13BrO.C9H11BrO.C8H9BrO.C7H7BrO.C6H5BrO/c1-4-5-6-7-8-11(2)13-10-14(16)12(3)9-15(13)17;1-2-3-4-8-7-9(11)5-6-10(8)12;1-2-3-7-6-8(10)4-5-9(7)11;1-2-6-5-7(9)3-4-8(6)10;1-5-4-6(8)2-3-7(5)9;7-5-1-3-6(8)4-2-5/h9-11,17H,4-8H2,1-3H3;5-7,12H,2-4H2,1H3;4-6,11H,2-3H2,1H3;3-5,10H,2H2,1H3;2-4,9H,1H3;1-4,8H. The Kier molecular flexibility index (Phi) is 32.3. The molecule has 6 aromatic carbocycles. The third-order valence-corrected chi connectivity index (χ3v) is 13.0. The van der Waals surface area contributed by atoms with Crippen LogP contribution in [-0.4, -0.2) is 30.6 Å². The molecule has 6 nitrogen and oxygen atoms in total. The van der Waals surface area contributed by atoms with Gasteiger partial charge in [0.05, 0.1) is 0 Å². The second-order valence-electron chi connectivity index (χ2n) is 15.8. The van der Waals surface area contributed by atoms with E-state index in [2.05, 4.69) is 107 Å². The van der Waals surface area contributed by atoms with Crippen LogP contribution < -0.4 is 0 Å². The van der Waals surface area contributed by atoms with Gasteiger partial charge in [-0.05, 0) is 194 Å². The van der Waals surface area contributed by atoms with Gasteiger partial charge in [0.15, 0.2) is 0 Å². The number of hydrogen-bond donors (Lipinski definition) is 6. The molecule has 6 aromatic rings. The van der Waals surface area contributed by atoms with Gasteiger partial charge in [0.1, 0.15) is 34.5 Å². The monoisotopic (exact) mass is 1250 g/mol. The lowest BCUT2D eigenvalue weighted by atomic mass is 9.93. The molecule has 1 unspecified atom stereocenters.